The Bertz CT molecular complexity index is 778. The lowest BCUT2D eigenvalue weighted by Gasteiger charge is -2.37. The van der Waals surface area contributed by atoms with Crippen molar-refractivity contribution in [2.24, 2.45) is 11.8 Å². The third-order valence-electron chi connectivity index (χ3n) is 5.59. The fraction of sp³-hybridized carbons (Fsp3) is 0.526. The number of ether oxygens (including phenoxy) is 2. The Labute approximate surface area is 157 Å². The summed E-state index contributed by atoms with van der Waals surface area (Å²) >= 11 is 0. The predicted octanol–water partition coefficient (Wildman–Crippen LogP) is 2.36. The summed E-state index contributed by atoms with van der Waals surface area (Å²) in [5.41, 5.74) is 0. The van der Waals surface area contributed by atoms with E-state index in [4.69, 9.17) is 9.47 Å². The second-order valence-electron chi connectivity index (χ2n) is 7.16. The van der Waals surface area contributed by atoms with Crippen LogP contribution in [0.4, 0.5) is 16.2 Å². The third kappa shape index (κ3) is 3.66. The zero-order valence-electron chi connectivity index (χ0n) is 15.5. The van der Waals surface area contributed by atoms with E-state index >= 15 is 0 Å². The Morgan fingerprint density at radius 1 is 1.15 bits per heavy atom. The molecule has 1 saturated heterocycles. The van der Waals surface area contributed by atoms with E-state index in [9.17, 15) is 4.39 Å². The van der Waals surface area contributed by atoms with Crippen molar-refractivity contribution in [3.8, 4) is 5.88 Å². The molecule has 0 radical (unpaired) electrons. The maximum atomic E-state index is 13.6. The number of pyridine rings is 1. The maximum Gasteiger partial charge on any atom is 0.255 e. The Morgan fingerprint density at radius 2 is 1.96 bits per heavy atom. The molecule has 0 aromatic carbocycles. The number of halogens is 1. The Hall–Kier alpha value is -2.48. The molecule has 4 rings (SSSR count). The van der Waals surface area contributed by atoms with Crippen molar-refractivity contribution < 1.29 is 13.9 Å². The molecule has 0 spiro atoms. The summed E-state index contributed by atoms with van der Waals surface area (Å²) in [6, 6.07) is 6.05. The lowest BCUT2D eigenvalue weighted by atomic mass is 9.77. The summed E-state index contributed by atoms with van der Waals surface area (Å²) in [7, 11) is 3.18. The molecule has 0 unspecified atom stereocenters. The average molecular weight is 373 g/mol. The van der Waals surface area contributed by atoms with Crippen LogP contribution < -0.4 is 15.0 Å². The number of aromatic nitrogens is 3. The van der Waals surface area contributed by atoms with Crippen LogP contribution in [-0.2, 0) is 4.74 Å². The van der Waals surface area contributed by atoms with E-state index in [2.05, 4.69) is 25.2 Å². The SMILES string of the molecule is COc1nc(N2C[C@H]3C[C@@H](Nc4ccccn4)[C@H](OC)C[C@H]3C2)ncc1F. The van der Waals surface area contributed by atoms with Crippen molar-refractivity contribution in [3.05, 3.63) is 36.4 Å². The molecular weight excluding hydrogens is 349 g/mol. The third-order valence-corrected chi connectivity index (χ3v) is 5.59. The first-order chi connectivity index (χ1) is 13.2. The molecule has 1 aliphatic carbocycles. The van der Waals surface area contributed by atoms with E-state index in [1.807, 2.05) is 18.2 Å². The van der Waals surface area contributed by atoms with Crippen molar-refractivity contribution in [2.75, 3.05) is 37.5 Å². The lowest BCUT2D eigenvalue weighted by Crippen LogP contribution is -2.44. The zero-order chi connectivity index (χ0) is 18.8. The summed E-state index contributed by atoms with van der Waals surface area (Å²) in [6.45, 7) is 1.69. The molecule has 0 amide bonds. The molecule has 1 aliphatic heterocycles. The van der Waals surface area contributed by atoms with E-state index < -0.39 is 5.82 Å². The molecule has 8 heteroatoms. The molecule has 2 fully saturated rings. The number of hydrogen-bond acceptors (Lipinski definition) is 7. The smallest absolute Gasteiger partial charge is 0.255 e. The van der Waals surface area contributed by atoms with Crippen molar-refractivity contribution in [1.82, 2.24) is 15.0 Å². The van der Waals surface area contributed by atoms with Crippen molar-refractivity contribution in [2.45, 2.75) is 25.0 Å². The van der Waals surface area contributed by atoms with Gasteiger partial charge < -0.3 is 19.7 Å². The van der Waals surface area contributed by atoms with E-state index in [0.29, 0.717) is 17.8 Å². The van der Waals surface area contributed by atoms with Gasteiger partial charge in [0.05, 0.1) is 25.5 Å². The fourth-order valence-corrected chi connectivity index (χ4v) is 4.27. The normalized spacial score (nSPS) is 27.3. The standard InChI is InChI=1S/C19H24FN5O2/c1-26-16-8-13-11-25(19-22-9-14(20)18(24-19)27-2)10-12(13)7-15(16)23-17-5-3-4-6-21-17/h3-6,9,12-13,15-16H,7-8,10-11H2,1-2H3,(H,21,23)/t12-,13+,15-,16-/m1/s1. The summed E-state index contributed by atoms with van der Waals surface area (Å²) in [5, 5.41) is 3.52. The number of hydrogen-bond donors (Lipinski definition) is 1. The van der Waals surface area contributed by atoms with E-state index in [0.717, 1.165) is 31.7 Å². The molecule has 1 saturated carbocycles. The minimum absolute atomic E-state index is 0.0145. The van der Waals surface area contributed by atoms with Gasteiger partial charge in [-0.1, -0.05) is 6.07 Å². The number of anilines is 2. The maximum absolute atomic E-state index is 13.6. The molecule has 7 nitrogen and oxygen atoms in total. The minimum atomic E-state index is -0.545. The van der Waals surface area contributed by atoms with E-state index in [-0.39, 0.29) is 18.0 Å². The Kier molecular flexibility index (Phi) is 5.07. The number of rotatable bonds is 5. The van der Waals surface area contributed by atoms with Crippen LogP contribution >= 0.6 is 0 Å². The summed E-state index contributed by atoms with van der Waals surface area (Å²) < 4.78 is 24.4. The number of methoxy groups -OCH3 is 2. The van der Waals surface area contributed by atoms with Crippen LogP contribution in [0.3, 0.4) is 0 Å². The fourth-order valence-electron chi connectivity index (χ4n) is 4.27. The van der Waals surface area contributed by atoms with Gasteiger partial charge in [0.1, 0.15) is 5.82 Å². The molecule has 0 bridgehead atoms. The van der Waals surface area contributed by atoms with Gasteiger partial charge in [0.2, 0.25) is 11.8 Å². The second kappa shape index (κ2) is 7.64. The van der Waals surface area contributed by atoms with Crippen LogP contribution in [0.15, 0.2) is 30.6 Å². The van der Waals surface area contributed by atoms with Gasteiger partial charge in [0.15, 0.2) is 0 Å². The van der Waals surface area contributed by atoms with Crippen molar-refractivity contribution in [3.63, 3.8) is 0 Å². The molecule has 2 aliphatic rings. The van der Waals surface area contributed by atoms with Crippen LogP contribution in [0.1, 0.15) is 12.8 Å². The second-order valence-corrected chi connectivity index (χ2v) is 7.16. The van der Waals surface area contributed by atoms with Gasteiger partial charge in [0.25, 0.3) is 5.88 Å². The van der Waals surface area contributed by atoms with Crippen LogP contribution in [0.2, 0.25) is 0 Å². The van der Waals surface area contributed by atoms with Crippen LogP contribution in [0.25, 0.3) is 0 Å². The first-order valence-corrected chi connectivity index (χ1v) is 9.19. The molecule has 1 N–H and O–H groups in total. The van der Waals surface area contributed by atoms with Crippen LogP contribution in [-0.4, -0.2) is 54.4 Å². The first kappa shape index (κ1) is 17.9. The van der Waals surface area contributed by atoms with Crippen LogP contribution in [0, 0.1) is 17.7 Å². The highest BCUT2D eigenvalue weighted by Crippen LogP contribution is 2.39. The van der Waals surface area contributed by atoms with E-state index in [1.54, 1.807) is 13.3 Å². The predicted molar refractivity (Wildman–Crippen MR) is 99.4 cm³/mol. The molecule has 2 aromatic heterocycles. The number of nitrogens with one attached hydrogen (secondary N) is 1. The molecular formula is C19H24FN5O2. The quantitative estimate of drug-likeness (QED) is 0.862. The Balaban J connectivity index is 1.47. The van der Waals surface area contributed by atoms with Gasteiger partial charge in [-0.15, -0.1) is 0 Å². The van der Waals surface area contributed by atoms with Gasteiger partial charge in [-0.25, -0.2) is 9.97 Å². The topological polar surface area (TPSA) is 72.4 Å². The zero-order valence-corrected chi connectivity index (χ0v) is 15.5. The summed E-state index contributed by atoms with van der Waals surface area (Å²) in [4.78, 5) is 14.9. The number of fused-ring (bicyclic) bond motifs is 1. The minimum Gasteiger partial charge on any atom is -0.479 e. The lowest BCUT2D eigenvalue weighted by molar-refractivity contribution is 0.0305. The molecule has 4 atom stereocenters. The molecule has 27 heavy (non-hydrogen) atoms. The number of nitrogens with zero attached hydrogens (tertiary/aromatic N) is 4. The summed E-state index contributed by atoms with van der Waals surface area (Å²) in [6.07, 6.45) is 5.02. The van der Waals surface area contributed by atoms with Crippen molar-refractivity contribution in [1.29, 1.82) is 0 Å². The average Bonchev–Trinajstić information content (AvgIpc) is 3.11. The van der Waals surface area contributed by atoms with E-state index in [1.165, 1.54) is 13.3 Å². The van der Waals surface area contributed by atoms with Gasteiger partial charge in [-0.05, 0) is 36.8 Å². The first-order valence-electron chi connectivity index (χ1n) is 9.19. The highest BCUT2D eigenvalue weighted by Gasteiger charge is 2.43. The Morgan fingerprint density at radius 3 is 2.67 bits per heavy atom. The van der Waals surface area contributed by atoms with Gasteiger partial charge in [-0.2, -0.15) is 9.37 Å². The highest BCUT2D eigenvalue weighted by molar-refractivity contribution is 5.37. The molecule has 2 aromatic rings. The monoisotopic (exact) mass is 373 g/mol. The van der Waals surface area contributed by atoms with Gasteiger partial charge >= 0.3 is 0 Å². The molecule has 3 heterocycles. The van der Waals surface area contributed by atoms with Gasteiger partial charge in [-0.3, -0.25) is 0 Å². The molecule has 144 valence electrons. The highest BCUT2D eigenvalue weighted by atomic mass is 19.1. The van der Waals surface area contributed by atoms with Crippen LogP contribution in [0.5, 0.6) is 5.88 Å². The van der Waals surface area contributed by atoms with Gasteiger partial charge in [0, 0.05) is 26.4 Å². The van der Waals surface area contributed by atoms with Crippen molar-refractivity contribution >= 4 is 11.8 Å². The summed E-state index contributed by atoms with van der Waals surface area (Å²) in [5.74, 6) is 1.82. The largest absolute Gasteiger partial charge is 0.479 e.